The van der Waals surface area contributed by atoms with Gasteiger partial charge in [0.1, 0.15) is 18.1 Å². The molecule has 5 atom stereocenters. The van der Waals surface area contributed by atoms with Crippen LogP contribution in [-0.2, 0) is 23.9 Å². The molecule has 5 rings (SSSR count). The van der Waals surface area contributed by atoms with Crippen molar-refractivity contribution in [1.29, 1.82) is 0 Å². The molecule has 4 heterocycles. The first-order valence-corrected chi connectivity index (χ1v) is 13.6. The summed E-state index contributed by atoms with van der Waals surface area (Å²) in [7, 11) is 0. The van der Waals surface area contributed by atoms with Crippen LogP contribution in [0.2, 0.25) is 0 Å². The van der Waals surface area contributed by atoms with Crippen molar-refractivity contribution in [1.82, 2.24) is 15.5 Å². The number of amides is 3. The van der Waals surface area contributed by atoms with Crippen LogP contribution in [0.15, 0.2) is 42.5 Å². The monoisotopic (exact) mass is 525 g/mol. The molecule has 10 heteroatoms. The van der Waals surface area contributed by atoms with E-state index >= 15 is 0 Å². The molecule has 0 radical (unpaired) electrons. The number of esters is 1. The van der Waals surface area contributed by atoms with Crippen LogP contribution in [-0.4, -0.2) is 65.7 Å². The molecule has 0 bridgehead atoms. The minimum absolute atomic E-state index is 0.0249. The van der Waals surface area contributed by atoms with Crippen molar-refractivity contribution in [2.75, 3.05) is 6.61 Å². The molecule has 2 aromatic rings. The van der Waals surface area contributed by atoms with Crippen LogP contribution >= 0.6 is 11.3 Å². The second kappa shape index (κ2) is 11.0. The van der Waals surface area contributed by atoms with Crippen LogP contribution in [0.3, 0.4) is 0 Å². The summed E-state index contributed by atoms with van der Waals surface area (Å²) in [4.78, 5) is 54.4. The van der Waals surface area contributed by atoms with Gasteiger partial charge in [-0.1, -0.05) is 30.4 Å². The smallest absolute Gasteiger partial charge is 0.310 e. The predicted molar refractivity (Wildman–Crippen MR) is 138 cm³/mol. The van der Waals surface area contributed by atoms with Crippen LogP contribution in [0, 0.1) is 0 Å². The molecule has 0 spiro atoms. The Morgan fingerprint density at radius 3 is 2.76 bits per heavy atom. The van der Waals surface area contributed by atoms with Crippen LogP contribution in [0.4, 0.5) is 0 Å². The molecule has 1 aromatic carbocycles. The number of nitrogens with one attached hydrogen (secondary N) is 2. The van der Waals surface area contributed by atoms with Gasteiger partial charge in [0, 0.05) is 17.3 Å². The van der Waals surface area contributed by atoms with Crippen molar-refractivity contribution >= 4 is 45.1 Å². The summed E-state index contributed by atoms with van der Waals surface area (Å²) < 4.78 is 11.7. The highest BCUT2D eigenvalue weighted by molar-refractivity contribution is 7.20. The van der Waals surface area contributed by atoms with E-state index in [-0.39, 0.29) is 30.2 Å². The van der Waals surface area contributed by atoms with E-state index < -0.39 is 30.4 Å². The highest BCUT2D eigenvalue weighted by atomic mass is 32.1. The largest absolute Gasteiger partial charge is 0.433 e. The number of rotatable bonds is 6. The second-order valence-corrected chi connectivity index (χ2v) is 10.7. The first-order chi connectivity index (χ1) is 17.9. The number of piperidine rings is 1. The summed E-state index contributed by atoms with van der Waals surface area (Å²) in [6, 6.07) is 7.38. The molecule has 3 aliphatic rings. The second-order valence-electron chi connectivity index (χ2n) is 9.60. The number of benzene rings is 1. The van der Waals surface area contributed by atoms with Crippen molar-refractivity contribution < 1.29 is 28.7 Å². The SMILES string of the molecule is CCOC1OC(=O)CC1NC(=O)[C@@H]1CCC[C@@H]2CC=CC[C@H](NC(=O)c3cc4ccccc4s3)C(=O)N21. The van der Waals surface area contributed by atoms with Gasteiger partial charge in [-0.2, -0.15) is 0 Å². The first kappa shape index (κ1) is 25.4. The maximum absolute atomic E-state index is 13.8. The van der Waals surface area contributed by atoms with Crippen molar-refractivity contribution in [2.24, 2.45) is 0 Å². The molecule has 2 unspecified atom stereocenters. The fourth-order valence-electron chi connectivity index (χ4n) is 5.36. The lowest BCUT2D eigenvalue weighted by Gasteiger charge is -2.43. The van der Waals surface area contributed by atoms with Crippen LogP contribution in [0.5, 0.6) is 0 Å². The molecule has 1 aromatic heterocycles. The zero-order chi connectivity index (χ0) is 25.9. The van der Waals surface area contributed by atoms with Gasteiger partial charge in [0.25, 0.3) is 5.91 Å². The Hall–Kier alpha value is -3.24. The van der Waals surface area contributed by atoms with Gasteiger partial charge < -0.3 is 25.0 Å². The summed E-state index contributed by atoms with van der Waals surface area (Å²) >= 11 is 1.38. The van der Waals surface area contributed by atoms with Gasteiger partial charge in [-0.3, -0.25) is 19.2 Å². The number of ether oxygens (including phenoxy) is 2. The normalized spacial score (nSPS) is 27.8. The average Bonchev–Trinajstić information content (AvgIpc) is 3.47. The van der Waals surface area contributed by atoms with Gasteiger partial charge in [-0.15, -0.1) is 11.3 Å². The van der Waals surface area contributed by atoms with E-state index in [0.29, 0.717) is 30.7 Å². The molecule has 196 valence electrons. The molecule has 0 aliphatic carbocycles. The Labute approximate surface area is 219 Å². The Balaban J connectivity index is 1.33. The summed E-state index contributed by atoms with van der Waals surface area (Å²) in [6.45, 7) is 2.13. The molecule has 0 saturated carbocycles. The lowest BCUT2D eigenvalue weighted by Crippen LogP contribution is -2.62. The molecular weight excluding hydrogens is 494 g/mol. The summed E-state index contributed by atoms with van der Waals surface area (Å²) in [5, 5.41) is 6.79. The lowest BCUT2D eigenvalue weighted by atomic mass is 9.90. The van der Waals surface area contributed by atoms with Crippen LogP contribution in [0.25, 0.3) is 10.1 Å². The van der Waals surface area contributed by atoms with E-state index in [1.165, 1.54) is 11.3 Å². The third-order valence-corrected chi connectivity index (χ3v) is 8.24. The number of hydrogen-bond donors (Lipinski definition) is 2. The summed E-state index contributed by atoms with van der Waals surface area (Å²) in [5.41, 5.74) is 0. The third-order valence-electron chi connectivity index (χ3n) is 7.12. The first-order valence-electron chi connectivity index (χ1n) is 12.8. The topological polar surface area (TPSA) is 114 Å². The molecule has 2 N–H and O–H groups in total. The van der Waals surface area contributed by atoms with E-state index in [0.717, 1.165) is 22.9 Å². The lowest BCUT2D eigenvalue weighted by molar-refractivity contribution is -0.165. The van der Waals surface area contributed by atoms with Gasteiger partial charge in [0.2, 0.25) is 18.1 Å². The Morgan fingerprint density at radius 1 is 1.14 bits per heavy atom. The fourth-order valence-corrected chi connectivity index (χ4v) is 6.33. The number of carbonyl (C=O) groups is 4. The number of hydrogen-bond acceptors (Lipinski definition) is 7. The Morgan fingerprint density at radius 2 is 1.95 bits per heavy atom. The molecule has 3 aliphatic heterocycles. The minimum Gasteiger partial charge on any atom is -0.433 e. The predicted octanol–water partition coefficient (Wildman–Crippen LogP) is 2.89. The molecule has 2 saturated heterocycles. The molecule has 9 nitrogen and oxygen atoms in total. The average molecular weight is 526 g/mol. The third kappa shape index (κ3) is 5.40. The number of fused-ring (bicyclic) bond motifs is 2. The van der Waals surface area contributed by atoms with Gasteiger partial charge in [-0.25, -0.2) is 0 Å². The molecule has 2 fully saturated rings. The van der Waals surface area contributed by atoms with Crippen molar-refractivity contribution in [3.05, 3.63) is 47.4 Å². The summed E-state index contributed by atoms with van der Waals surface area (Å²) in [6.07, 6.45) is 6.24. The fraction of sp³-hybridized carbons (Fsp3) is 0.481. The maximum atomic E-state index is 13.8. The quantitative estimate of drug-likeness (QED) is 0.443. The van der Waals surface area contributed by atoms with E-state index in [9.17, 15) is 19.2 Å². The van der Waals surface area contributed by atoms with Crippen LogP contribution in [0.1, 0.15) is 55.1 Å². The summed E-state index contributed by atoms with van der Waals surface area (Å²) in [5.74, 6) is -1.32. The van der Waals surface area contributed by atoms with Gasteiger partial charge in [0.05, 0.1) is 11.3 Å². The van der Waals surface area contributed by atoms with E-state index in [1.54, 1.807) is 11.8 Å². The Kier molecular flexibility index (Phi) is 7.57. The standard InChI is InChI=1S/C27H31N3O6S/c1-2-35-27-19(15-23(31)36-27)29-24(32)20-12-7-10-17-9-4-5-11-18(26(34)30(17)20)28-25(33)22-14-16-8-3-6-13-21(16)37-22/h3-6,8,13-14,17-20,27H,2,7,9-12,15H2,1H3,(H,28,33)(H,29,32)/t17-,18-,19?,20-,27?/m0/s1. The minimum atomic E-state index is -0.833. The maximum Gasteiger partial charge on any atom is 0.310 e. The van der Waals surface area contributed by atoms with Gasteiger partial charge in [0.15, 0.2) is 0 Å². The molecular formula is C27H31N3O6S. The van der Waals surface area contributed by atoms with E-state index in [4.69, 9.17) is 9.47 Å². The van der Waals surface area contributed by atoms with Crippen molar-refractivity contribution in [2.45, 2.75) is 75.9 Å². The van der Waals surface area contributed by atoms with E-state index in [1.807, 2.05) is 42.5 Å². The van der Waals surface area contributed by atoms with Crippen molar-refractivity contribution in [3.8, 4) is 0 Å². The zero-order valence-corrected chi connectivity index (χ0v) is 21.5. The number of thiophene rings is 1. The van der Waals surface area contributed by atoms with Gasteiger partial charge >= 0.3 is 5.97 Å². The van der Waals surface area contributed by atoms with Gasteiger partial charge in [-0.05, 0) is 56.5 Å². The highest BCUT2D eigenvalue weighted by Gasteiger charge is 2.44. The molecule has 37 heavy (non-hydrogen) atoms. The van der Waals surface area contributed by atoms with E-state index in [2.05, 4.69) is 10.6 Å². The number of nitrogens with zero attached hydrogens (tertiary/aromatic N) is 1. The van der Waals surface area contributed by atoms with Crippen molar-refractivity contribution in [3.63, 3.8) is 0 Å². The zero-order valence-electron chi connectivity index (χ0n) is 20.7. The number of carbonyl (C=O) groups excluding carboxylic acids is 4. The highest BCUT2D eigenvalue weighted by Crippen LogP contribution is 2.30. The number of cyclic esters (lactones) is 1. The molecule has 3 amide bonds. The van der Waals surface area contributed by atoms with Crippen LogP contribution < -0.4 is 10.6 Å². The Bertz CT molecular complexity index is 1190.